The summed E-state index contributed by atoms with van der Waals surface area (Å²) in [5, 5.41) is 7.19. The quantitative estimate of drug-likeness (QED) is 0.644. The van der Waals surface area contributed by atoms with E-state index in [4.69, 9.17) is 11.6 Å². The van der Waals surface area contributed by atoms with Crippen molar-refractivity contribution in [3.63, 3.8) is 0 Å². The van der Waals surface area contributed by atoms with Crippen LogP contribution in [0.15, 0.2) is 54.6 Å². The number of alkyl halides is 3. The number of hydrogen-bond acceptors (Lipinski definition) is 3. The maximum atomic E-state index is 13.1. The van der Waals surface area contributed by atoms with Gasteiger partial charge in [0.25, 0.3) is 5.82 Å². The number of nitrogens with zero attached hydrogens (tertiary/aromatic N) is 3. The molecular weight excluding hydrogens is 377 g/mol. The van der Waals surface area contributed by atoms with E-state index in [2.05, 4.69) is 15.4 Å². The van der Waals surface area contributed by atoms with Crippen LogP contribution in [0.2, 0.25) is 5.02 Å². The summed E-state index contributed by atoms with van der Waals surface area (Å²) in [5.41, 5.74) is 3.36. The van der Waals surface area contributed by atoms with E-state index in [-0.39, 0.29) is 5.95 Å². The first-order valence-corrected chi connectivity index (χ1v) is 8.54. The number of aryl methyl sites for hydroxylation is 1. The highest BCUT2D eigenvalue weighted by atomic mass is 35.5. The smallest absolute Gasteiger partial charge is 0.324 e. The van der Waals surface area contributed by atoms with Gasteiger partial charge in [-0.3, -0.25) is 0 Å². The average molecular weight is 391 g/mol. The Hall–Kier alpha value is -2.80. The summed E-state index contributed by atoms with van der Waals surface area (Å²) in [6.07, 6.45) is -2.80. The first-order chi connectivity index (χ1) is 12.8. The highest BCUT2D eigenvalue weighted by Crippen LogP contribution is 2.35. The number of aromatic nitrogens is 3. The minimum atomic E-state index is -4.62. The summed E-state index contributed by atoms with van der Waals surface area (Å²) in [5.74, 6) is -1.14. The molecule has 1 aliphatic heterocycles. The Kier molecular flexibility index (Phi) is 4.19. The highest BCUT2D eigenvalue weighted by molar-refractivity contribution is 6.30. The predicted octanol–water partition coefficient (Wildman–Crippen LogP) is 5.31. The van der Waals surface area contributed by atoms with Gasteiger partial charge in [-0.1, -0.05) is 53.6 Å². The second-order valence-electron chi connectivity index (χ2n) is 6.27. The number of benzene rings is 2. The molecule has 0 unspecified atom stereocenters. The van der Waals surface area contributed by atoms with Gasteiger partial charge in [0, 0.05) is 10.7 Å². The lowest BCUT2D eigenvalue weighted by Crippen LogP contribution is -2.20. The van der Waals surface area contributed by atoms with E-state index in [0.29, 0.717) is 10.7 Å². The fraction of sp³-hybridized carbons (Fsp3) is 0.158. The van der Waals surface area contributed by atoms with E-state index in [1.54, 1.807) is 24.3 Å². The van der Waals surface area contributed by atoms with Gasteiger partial charge in [-0.25, -0.2) is 4.68 Å². The number of nitrogens with one attached hydrogen (secondary N) is 1. The van der Waals surface area contributed by atoms with Gasteiger partial charge in [0.05, 0.1) is 0 Å². The van der Waals surface area contributed by atoms with Crippen LogP contribution < -0.4 is 5.32 Å². The molecule has 0 aliphatic carbocycles. The van der Waals surface area contributed by atoms with Crippen LogP contribution in [0.1, 0.15) is 28.6 Å². The molecule has 1 atom stereocenters. The number of halogens is 4. The largest absolute Gasteiger partial charge is 0.453 e. The monoisotopic (exact) mass is 390 g/mol. The lowest BCUT2D eigenvalue weighted by molar-refractivity contribution is -0.145. The highest BCUT2D eigenvalue weighted by Gasteiger charge is 2.39. The maximum absolute atomic E-state index is 13.1. The lowest BCUT2D eigenvalue weighted by atomic mass is 10.0. The van der Waals surface area contributed by atoms with Crippen LogP contribution in [0.3, 0.4) is 0 Å². The van der Waals surface area contributed by atoms with Gasteiger partial charge >= 0.3 is 6.18 Å². The van der Waals surface area contributed by atoms with Crippen LogP contribution in [0.4, 0.5) is 19.1 Å². The van der Waals surface area contributed by atoms with E-state index in [1.165, 1.54) is 4.68 Å². The Bertz CT molecular complexity index is 1000. The molecule has 0 saturated carbocycles. The van der Waals surface area contributed by atoms with Crippen molar-refractivity contribution in [3.05, 3.63) is 82.1 Å². The molecule has 4 rings (SSSR count). The standard InChI is InChI=1S/C19H14ClF3N4/c1-11-2-4-12(5-3-11)15-10-16(13-6-8-14(20)9-7-13)27-18(24-15)25-17(26-27)19(21,22)23/h2-10,16H,1H3,(H,24,25,26)/t16-/m1/s1. The molecule has 0 amide bonds. The van der Waals surface area contributed by atoms with Gasteiger partial charge in [-0.2, -0.15) is 18.2 Å². The molecule has 0 fully saturated rings. The molecule has 0 saturated heterocycles. The van der Waals surface area contributed by atoms with Gasteiger partial charge in [0.1, 0.15) is 6.04 Å². The van der Waals surface area contributed by atoms with E-state index >= 15 is 0 Å². The Morgan fingerprint density at radius 3 is 2.33 bits per heavy atom. The molecule has 138 valence electrons. The predicted molar refractivity (Wildman–Crippen MR) is 97.4 cm³/mol. The zero-order valence-corrected chi connectivity index (χ0v) is 14.9. The van der Waals surface area contributed by atoms with Crippen molar-refractivity contribution in [2.45, 2.75) is 19.1 Å². The van der Waals surface area contributed by atoms with Gasteiger partial charge in [-0.15, -0.1) is 5.10 Å². The Morgan fingerprint density at radius 2 is 1.70 bits per heavy atom. The van der Waals surface area contributed by atoms with Crippen molar-refractivity contribution in [1.29, 1.82) is 0 Å². The number of allylic oxidation sites excluding steroid dienone is 1. The minimum absolute atomic E-state index is 0.0420. The van der Waals surface area contributed by atoms with E-state index in [0.717, 1.165) is 16.7 Å². The molecule has 1 N–H and O–H groups in total. The summed E-state index contributed by atoms with van der Waals surface area (Å²) in [6.45, 7) is 1.97. The van der Waals surface area contributed by atoms with Gasteiger partial charge < -0.3 is 5.32 Å². The van der Waals surface area contributed by atoms with Crippen LogP contribution in [0.25, 0.3) is 5.70 Å². The zero-order valence-electron chi connectivity index (χ0n) is 14.1. The third-order valence-corrected chi connectivity index (χ3v) is 4.55. The summed E-state index contributed by atoms with van der Waals surface area (Å²) >= 11 is 5.94. The fourth-order valence-corrected chi connectivity index (χ4v) is 3.04. The summed E-state index contributed by atoms with van der Waals surface area (Å²) in [4.78, 5) is 3.66. The molecule has 4 nitrogen and oxygen atoms in total. The first kappa shape index (κ1) is 17.6. The number of fused-ring (bicyclic) bond motifs is 1. The van der Waals surface area contributed by atoms with E-state index < -0.39 is 18.0 Å². The van der Waals surface area contributed by atoms with Crippen LogP contribution in [0, 0.1) is 6.92 Å². The SMILES string of the molecule is Cc1ccc(C2=C[C@H](c3ccc(Cl)cc3)n3nc(C(F)(F)F)nc3N2)cc1. The molecule has 0 bridgehead atoms. The van der Waals surface area contributed by atoms with E-state index in [1.807, 2.05) is 37.3 Å². The normalized spacial score (nSPS) is 16.5. The lowest BCUT2D eigenvalue weighted by Gasteiger charge is -2.24. The molecule has 0 spiro atoms. The number of anilines is 1. The van der Waals surface area contributed by atoms with Gasteiger partial charge in [0.2, 0.25) is 5.95 Å². The molecule has 2 aromatic carbocycles. The van der Waals surface area contributed by atoms with Crippen molar-refractivity contribution >= 4 is 23.2 Å². The van der Waals surface area contributed by atoms with Crippen molar-refractivity contribution in [2.75, 3.05) is 5.32 Å². The van der Waals surface area contributed by atoms with Crippen LogP contribution in [0.5, 0.6) is 0 Å². The fourth-order valence-electron chi connectivity index (χ4n) is 2.91. The van der Waals surface area contributed by atoms with E-state index in [9.17, 15) is 13.2 Å². The second-order valence-corrected chi connectivity index (χ2v) is 6.71. The maximum Gasteiger partial charge on any atom is 0.453 e. The average Bonchev–Trinajstić information content (AvgIpc) is 3.07. The molecule has 2 heterocycles. The number of hydrogen-bond donors (Lipinski definition) is 1. The van der Waals surface area contributed by atoms with Crippen LogP contribution in [-0.4, -0.2) is 14.8 Å². The topological polar surface area (TPSA) is 42.7 Å². The summed E-state index contributed by atoms with van der Waals surface area (Å²) < 4.78 is 40.6. The number of rotatable bonds is 2. The molecule has 0 radical (unpaired) electrons. The van der Waals surface area contributed by atoms with Crippen molar-refractivity contribution in [3.8, 4) is 0 Å². The molecule has 27 heavy (non-hydrogen) atoms. The third kappa shape index (κ3) is 3.42. The molecule has 3 aromatic rings. The minimum Gasteiger partial charge on any atom is -0.324 e. The van der Waals surface area contributed by atoms with Crippen LogP contribution in [-0.2, 0) is 6.18 Å². The Balaban J connectivity index is 1.83. The van der Waals surface area contributed by atoms with Crippen molar-refractivity contribution in [2.24, 2.45) is 0 Å². The molecule has 8 heteroatoms. The molecular formula is C19H14ClF3N4. The zero-order chi connectivity index (χ0) is 19.2. The van der Waals surface area contributed by atoms with Crippen molar-refractivity contribution < 1.29 is 13.2 Å². The Labute approximate surface area is 158 Å². The third-order valence-electron chi connectivity index (χ3n) is 4.29. The first-order valence-electron chi connectivity index (χ1n) is 8.16. The summed E-state index contributed by atoms with van der Waals surface area (Å²) in [7, 11) is 0. The molecule has 1 aromatic heterocycles. The van der Waals surface area contributed by atoms with Gasteiger partial charge in [-0.05, 0) is 36.3 Å². The van der Waals surface area contributed by atoms with Gasteiger partial charge in [0.15, 0.2) is 0 Å². The van der Waals surface area contributed by atoms with Crippen LogP contribution >= 0.6 is 11.6 Å². The molecule has 1 aliphatic rings. The summed E-state index contributed by atoms with van der Waals surface area (Å²) in [6, 6.07) is 14.1. The van der Waals surface area contributed by atoms with Crippen molar-refractivity contribution in [1.82, 2.24) is 14.8 Å². The second kappa shape index (κ2) is 6.42. The Morgan fingerprint density at radius 1 is 1.04 bits per heavy atom.